The molecule has 1 aromatic carbocycles. The van der Waals surface area contributed by atoms with Gasteiger partial charge in [0.05, 0.1) is 12.8 Å². The molecule has 1 saturated heterocycles. The van der Waals surface area contributed by atoms with Crippen molar-refractivity contribution in [1.82, 2.24) is 14.9 Å². The van der Waals surface area contributed by atoms with Crippen LogP contribution in [0.25, 0.3) is 0 Å². The second-order valence-corrected chi connectivity index (χ2v) is 7.11. The van der Waals surface area contributed by atoms with Crippen LogP contribution in [0.15, 0.2) is 42.7 Å². The second kappa shape index (κ2) is 8.24. The summed E-state index contributed by atoms with van der Waals surface area (Å²) in [4.78, 5) is 38.1. The van der Waals surface area contributed by atoms with Crippen molar-refractivity contribution in [3.63, 3.8) is 0 Å². The third-order valence-corrected chi connectivity index (χ3v) is 4.86. The number of rotatable bonds is 5. The summed E-state index contributed by atoms with van der Waals surface area (Å²) in [6, 6.07) is 8.90. The summed E-state index contributed by atoms with van der Waals surface area (Å²) in [5.74, 6) is 0.641. The molecule has 0 radical (unpaired) electrons. The van der Waals surface area contributed by atoms with E-state index in [9.17, 15) is 9.59 Å². The summed E-state index contributed by atoms with van der Waals surface area (Å²) in [5, 5.41) is 2.81. The lowest BCUT2D eigenvalue weighted by molar-refractivity contribution is -0.146. The highest BCUT2D eigenvalue weighted by atomic mass is 16.5. The zero-order valence-corrected chi connectivity index (χ0v) is 16.4. The first-order valence-corrected chi connectivity index (χ1v) is 9.19. The van der Waals surface area contributed by atoms with E-state index in [0.717, 1.165) is 0 Å². The summed E-state index contributed by atoms with van der Waals surface area (Å²) < 4.78 is 5.26. The summed E-state index contributed by atoms with van der Waals surface area (Å²) in [6.07, 6.45) is 3.40. The van der Waals surface area contributed by atoms with Gasteiger partial charge in [0.1, 0.15) is 11.2 Å². The van der Waals surface area contributed by atoms with Gasteiger partial charge in [0.15, 0.2) is 0 Å². The molecular formula is C20H25N5O3. The smallest absolute Gasteiger partial charge is 0.239 e. The van der Waals surface area contributed by atoms with Crippen LogP contribution in [-0.4, -0.2) is 60.0 Å². The first kappa shape index (κ1) is 19.6. The van der Waals surface area contributed by atoms with E-state index in [1.165, 1.54) is 7.11 Å². The molecule has 2 aromatic rings. The third kappa shape index (κ3) is 4.05. The monoisotopic (exact) mass is 383 g/mol. The average molecular weight is 383 g/mol. The minimum Gasteiger partial charge on any atom is -0.495 e. The molecule has 1 aromatic heterocycles. The summed E-state index contributed by atoms with van der Waals surface area (Å²) in [6.45, 7) is 5.57. The van der Waals surface area contributed by atoms with E-state index >= 15 is 0 Å². The van der Waals surface area contributed by atoms with E-state index in [1.54, 1.807) is 55.4 Å². The van der Waals surface area contributed by atoms with Gasteiger partial charge >= 0.3 is 0 Å². The standard InChI is InChI=1S/C20H25N5O3/c1-20(2,17(26)23-15-7-4-5-8-16(15)28-3)18(27)24-11-13-25(14-12-24)19-21-9-6-10-22-19/h4-10H,11-14H2,1-3H3,(H,23,26). The predicted molar refractivity (Wildman–Crippen MR) is 106 cm³/mol. The number of para-hydroxylation sites is 2. The van der Waals surface area contributed by atoms with Crippen molar-refractivity contribution in [3.8, 4) is 5.75 Å². The van der Waals surface area contributed by atoms with Gasteiger partial charge in [-0.3, -0.25) is 9.59 Å². The molecule has 0 spiro atoms. The summed E-state index contributed by atoms with van der Waals surface area (Å²) >= 11 is 0. The highest BCUT2D eigenvalue weighted by Gasteiger charge is 2.40. The fraction of sp³-hybridized carbons (Fsp3) is 0.400. The van der Waals surface area contributed by atoms with E-state index in [1.807, 2.05) is 11.0 Å². The van der Waals surface area contributed by atoms with Gasteiger partial charge in [0.25, 0.3) is 0 Å². The van der Waals surface area contributed by atoms with E-state index in [4.69, 9.17) is 4.74 Å². The van der Waals surface area contributed by atoms with E-state index < -0.39 is 5.41 Å². The lowest BCUT2D eigenvalue weighted by Crippen LogP contribution is -2.54. The normalized spacial score (nSPS) is 14.5. The SMILES string of the molecule is COc1ccccc1NC(=O)C(C)(C)C(=O)N1CCN(c2ncccn2)CC1. The fourth-order valence-corrected chi connectivity index (χ4v) is 3.08. The second-order valence-electron chi connectivity index (χ2n) is 7.11. The van der Waals surface area contributed by atoms with Gasteiger partial charge < -0.3 is 19.9 Å². The molecule has 8 nitrogen and oxygen atoms in total. The van der Waals surface area contributed by atoms with Crippen LogP contribution in [0, 0.1) is 5.41 Å². The molecule has 28 heavy (non-hydrogen) atoms. The molecule has 148 valence electrons. The average Bonchev–Trinajstić information content (AvgIpc) is 2.74. The number of hydrogen-bond acceptors (Lipinski definition) is 6. The summed E-state index contributed by atoms with van der Waals surface area (Å²) in [7, 11) is 1.54. The van der Waals surface area contributed by atoms with Crippen LogP contribution in [0.2, 0.25) is 0 Å². The van der Waals surface area contributed by atoms with Crippen LogP contribution in [0.1, 0.15) is 13.8 Å². The molecule has 1 fully saturated rings. The maximum atomic E-state index is 13.0. The molecule has 0 saturated carbocycles. The fourth-order valence-electron chi connectivity index (χ4n) is 3.08. The van der Waals surface area contributed by atoms with Crippen molar-refractivity contribution in [2.24, 2.45) is 5.41 Å². The minimum absolute atomic E-state index is 0.200. The molecule has 3 rings (SSSR count). The van der Waals surface area contributed by atoms with Gasteiger partial charge in [0, 0.05) is 38.6 Å². The van der Waals surface area contributed by atoms with Crippen molar-refractivity contribution < 1.29 is 14.3 Å². The van der Waals surface area contributed by atoms with E-state index in [-0.39, 0.29) is 11.8 Å². The number of amides is 2. The van der Waals surface area contributed by atoms with Gasteiger partial charge in [-0.25, -0.2) is 9.97 Å². The quantitative estimate of drug-likeness (QED) is 0.792. The molecule has 2 amide bonds. The van der Waals surface area contributed by atoms with Crippen LogP contribution in [0.4, 0.5) is 11.6 Å². The van der Waals surface area contributed by atoms with Crippen LogP contribution >= 0.6 is 0 Å². The Morgan fingerprint density at radius 2 is 1.68 bits per heavy atom. The Kier molecular flexibility index (Phi) is 5.77. The zero-order chi connectivity index (χ0) is 20.1. The Morgan fingerprint density at radius 1 is 1.04 bits per heavy atom. The third-order valence-electron chi connectivity index (χ3n) is 4.86. The van der Waals surface area contributed by atoms with Gasteiger partial charge in [-0.2, -0.15) is 0 Å². The zero-order valence-electron chi connectivity index (χ0n) is 16.4. The van der Waals surface area contributed by atoms with Crippen molar-refractivity contribution in [1.29, 1.82) is 0 Å². The van der Waals surface area contributed by atoms with Gasteiger partial charge in [-0.15, -0.1) is 0 Å². The number of ether oxygens (including phenoxy) is 1. The molecule has 0 atom stereocenters. The summed E-state index contributed by atoms with van der Waals surface area (Å²) in [5.41, 5.74) is -0.659. The van der Waals surface area contributed by atoms with Crippen molar-refractivity contribution >= 4 is 23.5 Å². The largest absolute Gasteiger partial charge is 0.495 e. The number of nitrogens with zero attached hydrogens (tertiary/aromatic N) is 4. The molecule has 2 heterocycles. The van der Waals surface area contributed by atoms with Crippen LogP contribution in [-0.2, 0) is 9.59 Å². The van der Waals surface area contributed by atoms with Crippen LogP contribution < -0.4 is 15.0 Å². The van der Waals surface area contributed by atoms with Crippen molar-refractivity contribution in [3.05, 3.63) is 42.7 Å². The Bertz CT molecular complexity index is 833. The molecule has 8 heteroatoms. The van der Waals surface area contributed by atoms with Crippen molar-refractivity contribution in [2.75, 3.05) is 43.5 Å². The molecule has 1 N–H and O–H groups in total. The number of carbonyl (C=O) groups is 2. The van der Waals surface area contributed by atoms with Crippen LogP contribution in [0.3, 0.4) is 0 Å². The molecule has 1 aliphatic rings. The van der Waals surface area contributed by atoms with Gasteiger partial charge in [-0.05, 0) is 32.0 Å². The molecule has 0 aliphatic carbocycles. The predicted octanol–water partition coefficient (Wildman–Crippen LogP) is 1.80. The first-order valence-electron chi connectivity index (χ1n) is 9.19. The lowest BCUT2D eigenvalue weighted by atomic mass is 9.89. The minimum atomic E-state index is -1.20. The Morgan fingerprint density at radius 3 is 2.32 bits per heavy atom. The molecular weight excluding hydrogens is 358 g/mol. The Labute approximate surface area is 164 Å². The molecule has 0 unspecified atom stereocenters. The topological polar surface area (TPSA) is 87.7 Å². The number of hydrogen-bond donors (Lipinski definition) is 1. The van der Waals surface area contributed by atoms with E-state index in [0.29, 0.717) is 43.6 Å². The maximum absolute atomic E-state index is 13.0. The highest BCUT2D eigenvalue weighted by Crippen LogP contribution is 2.27. The molecule has 0 bridgehead atoms. The highest BCUT2D eigenvalue weighted by molar-refractivity contribution is 6.10. The first-order chi connectivity index (χ1) is 13.4. The number of anilines is 2. The van der Waals surface area contributed by atoms with Crippen molar-refractivity contribution in [2.45, 2.75) is 13.8 Å². The maximum Gasteiger partial charge on any atom is 0.239 e. The van der Waals surface area contributed by atoms with Gasteiger partial charge in [0.2, 0.25) is 17.8 Å². The lowest BCUT2D eigenvalue weighted by Gasteiger charge is -2.38. The number of carbonyl (C=O) groups excluding carboxylic acids is 2. The Hall–Kier alpha value is -3.16. The van der Waals surface area contributed by atoms with Crippen LogP contribution in [0.5, 0.6) is 5.75 Å². The number of piperazine rings is 1. The molecule has 1 aliphatic heterocycles. The Balaban J connectivity index is 1.63. The number of methoxy groups -OCH3 is 1. The number of aromatic nitrogens is 2. The number of nitrogens with one attached hydrogen (secondary N) is 1. The van der Waals surface area contributed by atoms with E-state index in [2.05, 4.69) is 15.3 Å². The van der Waals surface area contributed by atoms with Gasteiger partial charge in [-0.1, -0.05) is 12.1 Å². The number of benzene rings is 1.